The van der Waals surface area contributed by atoms with Crippen molar-refractivity contribution in [3.05, 3.63) is 83.3 Å². The van der Waals surface area contributed by atoms with E-state index in [-0.39, 0.29) is 10.9 Å². The van der Waals surface area contributed by atoms with Gasteiger partial charge in [-0.3, -0.25) is 4.98 Å². The highest BCUT2D eigenvalue weighted by molar-refractivity contribution is 7.89. The molecule has 6 nitrogen and oxygen atoms in total. The number of halogens is 1. The van der Waals surface area contributed by atoms with Crippen molar-refractivity contribution in [1.82, 2.24) is 14.3 Å². The normalized spacial score (nSPS) is 15.9. The fourth-order valence-corrected chi connectivity index (χ4v) is 5.07. The van der Waals surface area contributed by atoms with Crippen molar-refractivity contribution < 1.29 is 8.42 Å². The highest BCUT2D eigenvalue weighted by Crippen LogP contribution is 2.27. The van der Waals surface area contributed by atoms with Gasteiger partial charge in [-0.05, 0) is 54.8 Å². The van der Waals surface area contributed by atoms with Crippen LogP contribution in [-0.4, -0.2) is 35.8 Å². The zero-order valence-electron chi connectivity index (χ0n) is 15.7. The second kappa shape index (κ2) is 8.49. The number of sulfonamides is 1. The second-order valence-corrected chi connectivity index (χ2v) is 9.25. The molecule has 0 aliphatic carbocycles. The van der Waals surface area contributed by atoms with Crippen LogP contribution in [0.3, 0.4) is 0 Å². The SMILES string of the molecule is O=S(=O)(c1ccc(NC(c2cccc(Cl)c2)c2ccccn2)nc1)N1CCCC1. The molecule has 150 valence electrons. The lowest BCUT2D eigenvalue weighted by atomic mass is 10.0. The van der Waals surface area contributed by atoms with E-state index in [1.165, 1.54) is 10.5 Å². The maximum Gasteiger partial charge on any atom is 0.244 e. The standard InChI is InChI=1S/C21H21ClN4O2S/c22-17-7-5-6-16(14-17)21(19-8-1-2-11-23-19)25-20-10-9-18(15-24-20)29(27,28)26-12-3-4-13-26/h1-2,5-11,14-15,21H,3-4,12-13H2,(H,24,25). The molecule has 0 bridgehead atoms. The molecule has 0 saturated carbocycles. The summed E-state index contributed by atoms with van der Waals surface area (Å²) in [5.74, 6) is 0.556. The molecule has 0 amide bonds. The first-order valence-electron chi connectivity index (χ1n) is 9.43. The summed E-state index contributed by atoms with van der Waals surface area (Å²) >= 11 is 6.18. The summed E-state index contributed by atoms with van der Waals surface area (Å²) in [7, 11) is -3.48. The van der Waals surface area contributed by atoms with Gasteiger partial charge in [0.2, 0.25) is 10.0 Å². The van der Waals surface area contributed by atoms with Crippen molar-refractivity contribution in [2.75, 3.05) is 18.4 Å². The Hall–Kier alpha value is -2.48. The lowest BCUT2D eigenvalue weighted by Gasteiger charge is -2.20. The molecule has 1 fully saturated rings. The van der Waals surface area contributed by atoms with Gasteiger partial charge in [0.15, 0.2) is 0 Å². The number of rotatable bonds is 6. The Morgan fingerprint density at radius 2 is 1.83 bits per heavy atom. The van der Waals surface area contributed by atoms with Gasteiger partial charge in [-0.25, -0.2) is 13.4 Å². The van der Waals surface area contributed by atoms with E-state index in [0.29, 0.717) is 23.9 Å². The second-order valence-electron chi connectivity index (χ2n) is 6.88. The Morgan fingerprint density at radius 3 is 2.48 bits per heavy atom. The van der Waals surface area contributed by atoms with Crippen LogP contribution in [0, 0.1) is 0 Å². The number of aromatic nitrogens is 2. The number of benzene rings is 1. The molecule has 1 saturated heterocycles. The third kappa shape index (κ3) is 4.42. The lowest BCUT2D eigenvalue weighted by molar-refractivity contribution is 0.477. The highest BCUT2D eigenvalue weighted by Gasteiger charge is 2.27. The van der Waals surface area contributed by atoms with Gasteiger partial charge in [0.1, 0.15) is 10.7 Å². The minimum Gasteiger partial charge on any atom is -0.358 e. The van der Waals surface area contributed by atoms with Gasteiger partial charge < -0.3 is 5.32 Å². The first kappa shape index (κ1) is 19.8. The molecule has 4 rings (SSSR count). The predicted octanol–water partition coefficient (Wildman–Crippen LogP) is 4.12. The van der Waals surface area contributed by atoms with Gasteiger partial charge in [0.05, 0.1) is 11.7 Å². The molecule has 8 heteroatoms. The van der Waals surface area contributed by atoms with Crippen LogP contribution in [0.5, 0.6) is 0 Å². The van der Waals surface area contributed by atoms with Gasteiger partial charge in [0, 0.05) is 30.5 Å². The maximum atomic E-state index is 12.7. The predicted molar refractivity (Wildman–Crippen MR) is 113 cm³/mol. The lowest BCUT2D eigenvalue weighted by Crippen LogP contribution is -2.28. The minimum atomic E-state index is -3.48. The van der Waals surface area contributed by atoms with Crippen LogP contribution in [0.4, 0.5) is 5.82 Å². The summed E-state index contributed by atoms with van der Waals surface area (Å²) in [5, 5.41) is 3.98. The molecular weight excluding hydrogens is 408 g/mol. The van der Waals surface area contributed by atoms with Crippen LogP contribution < -0.4 is 5.32 Å². The van der Waals surface area contributed by atoms with Crippen LogP contribution in [0.2, 0.25) is 5.02 Å². The molecule has 0 radical (unpaired) electrons. The van der Waals surface area contributed by atoms with Crippen LogP contribution in [0.25, 0.3) is 0 Å². The summed E-state index contributed by atoms with van der Waals surface area (Å²) < 4.78 is 26.9. The fraction of sp³-hybridized carbons (Fsp3) is 0.238. The first-order valence-corrected chi connectivity index (χ1v) is 11.2. The number of pyridine rings is 2. The van der Waals surface area contributed by atoms with Crippen molar-refractivity contribution in [2.45, 2.75) is 23.8 Å². The van der Waals surface area contributed by atoms with Crippen molar-refractivity contribution in [1.29, 1.82) is 0 Å². The quantitative estimate of drug-likeness (QED) is 0.639. The van der Waals surface area contributed by atoms with E-state index in [2.05, 4.69) is 15.3 Å². The summed E-state index contributed by atoms with van der Waals surface area (Å²) in [5.41, 5.74) is 1.75. The van der Waals surface area contributed by atoms with Crippen molar-refractivity contribution in [3.8, 4) is 0 Å². The van der Waals surface area contributed by atoms with Gasteiger partial charge in [-0.2, -0.15) is 4.31 Å². The molecular formula is C21H21ClN4O2S. The Bertz CT molecular complexity index is 1070. The third-order valence-corrected chi connectivity index (χ3v) is 7.01. The monoisotopic (exact) mass is 428 g/mol. The van der Waals surface area contributed by atoms with E-state index >= 15 is 0 Å². The molecule has 2 aromatic heterocycles. The molecule has 1 unspecified atom stereocenters. The molecule has 29 heavy (non-hydrogen) atoms. The van der Waals surface area contributed by atoms with E-state index in [1.807, 2.05) is 42.5 Å². The van der Waals surface area contributed by atoms with Gasteiger partial charge in [-0.15, -0.1) is 0 Å². The van der Waals surface area contributed by atoms with Crippen molar-refractivity contribution in [3.63, 3.8) is 0 Å². The molecule has 1 atom stereocenters. The average molecular weight is 429 g/mol. The molecule has 1 aliphatic heterocycles. The Labute approximate surface area is 175 Å². The molecule has 1 aliphatic rings. The number of hydrogen-bond acceptors (Lipinski definition) is 5. The van der Waals surface area contributed by atoms with E-state index in [0.717, 1.165) is 24.1 Å². The number of nitrogens with zero attached hydrogens (tertiary/aromatic N) is 3. The molecule has 3 aromatic rings. The molecule has 3 heterocycles. The Morgan fingerprint density at radius 1 is 1.00 bits per heavy atom. The molecule has 1 aromatic carbocycles. The van der Waals surface area contributed by atoms with Gasteiger partial charge in [0.25, 0.3) is 0 Å². The van der Waals surface area contributed by atoms with E-state index < -0.39 is 10.0 Å². The van der Waals surface area contributed by atoms with E-state index in [9.17, 15) is 8.42 Å². The Kier molecular flexibility index (Phi) is 5.80. The zero-order chi connectivity index (χ0) is 20.3. The number of hydrogen-bond donors (Lipinski definition) is 1. The van der Waals surface area contributed by atoms with Crippen LogP contribution in [0.1, 0.15) is 30.1 Å². The van der Waals surface area contributed by atoms with Crippen LogP contribution >= 0.6 is 11.6 Å². The fourth-order valence-electron chi connectivity index (χ4n) is 3.40. The average Bonchev–Trinajstić information content (AvgIpc) is 3.29. The highest BCUT2D eigenvalue weighted by atomic mass is 35.5. The van der Waals surface area contributed by atoms with Crippen molar-refractivity contribution >= 4 is 27.4 Å². The van der Waals surface area contributed by atoms with Gasteiger partial charge >= 0.3 is 0 Å². The largest absolute Gasteiger partial charge is 0.358 e. The summed E-state index contributed by atoms with van der Waals surface area (Å²) in [6, 6.07) is 16.2. The number of anilines is 1. The van der Waals surface area contributed by atoms with E-state index in [1.54, 1.807) is 18.3 Å². The first-order chi connectivity index (χ1) is 14.0. The smallest absolute Gasteiger partial charge is 0.244 e. The van der Waals surface area contributed by atoms with E-state index in [4.69, 9.17) is 11.6 Å². The summed E-state index contributed by atoms with van der Waals surface area (Å²) in [6.45, 7) is 1.14. The van der Waals surface area contributed by atoms with Gasteiger partial charge in [-0.1, -0.05) is 29.8 Å². The van der Waals surface area contributed by atoms with Crippen LogP contribution in [0.15, 0.2) is 71.9 Å². The zero-order valence-corrected chi connectivity index (χ0v) is 17.3. The number of nitrogens with one attached hydrogen (secondary N) is 1. The third-order valence-electron chi connectivity index (χ3n) is 4.90. The maximum absolute atomic E-state index is 12.7. The summed E-state index contributed by atoms with van der Waals surface area (Å²) in [4.78, 5) is 9.02. The Balaban J connectivity index is 1.61. The molecule has 0 spiro atoms. The molecule has 1 N–H and O–H groups in total. The minimum absolute atomic E-state index is 0.210. The van der Waals surface area contributed by atoms with Crippen LogP contribution in [-0.2, 0) is 10.0 Å². The topological polar surface area (TPSA) is 75.2 Å². The van der Waals surface area contributed by atoms with Crippen molar-refractivity contribution in [2.24, 2.45) is 0 Å². The summed E-state index contributed by atoms with van der Waals surface area (Å²) in [6.07, 6.45) is 4.94.